The first-order valence-corrected chi connectivity index (χ1v) is 9.86. The third kappa shape index (κ3) is 6.79. The number of benzene rings is 1. The number of likely N-dealkylation sites (N-methyl/N-ethyl adjacent to an activating group) is 1. The molecule has 0 bridgehead atoms. The minimum absolute atomic E-state index is 0.192. The second-order valence-electron chi connectivity index (χ2n) is 5.20. The minimum atomic E-state index is -0.192. The lowest BCUT2D eigenvalue weighted by molar-refractivity contribution is 0.0945. The van der Waals surface area contributed by atoms with Gasteiger partial charge in [-0.3, -0.25) is 4.79 Å². The van der Waals surface area contributed by atoms with Crippen molar-refractivity contribution in [2.24, 2.45) is 0 Å². The fourth-order valence-electron chi connectivity index (χ4n) is 2.18. The van der Waals surface area contributed by atoms with Crippen LogP contribution < -0.4 is 15.8 Å². The van der Waals surface area contributed by atoms with Gasteiger partial charge in [-0.15, -0.1) is 0 Å². The van der Waals surface area contributed by atoms with Crippen molar-refractivity contribution in [3.05, 3.63) is 22.7 Å². The van der Waals surface area contributed by atoms with E-state index >= 15 is 0 Å². The number of thioether (sulfide) groups is 1. The SMILES string of the molecule is CCSCCOc1cc(N)c(Cl)cc1C(=O)NCCN(CC)CC. The Kier molecular flexibility index (Phi) is 9.98. The largest absolute Gasteiger partial charge is 0.492 e. The Morgan fingerprint density at radius 1 is 1.33 bits per heavy atom. The Hall–Kier alpha value is -1.11. The number of nitrogens with one attached hydrogen (secondary N) is 1. The topological polar surface area (TPSA) is 67.6 Å². The highest BCUT2D eigenvalue weighted by Gasteiger charge is 2.15. The molecule has 0 radical (unpaired) electrons. The lowest BCUT2D eigenvalue weighted by Crippen LogP contribution is -2.35. The highest BCUT2D eigenvalue weighted by molar-refractivity contribution is 7.99. The lowest BCUT2D eigenvalue weighted by atomic mass is 10.1. The molecule has 136 valence electrons. The van der Waals surface area contributed by atoms with E-state index in [-0.39, 0.29) is 5.91 Å². The summed E-state index contributed by atoms with van der Waals surface area (Å²) < 4.78 is 5.74. The number of nitrogens with two attached hydrogens (primary N) is 1. The van der Waals surface area contributed by atoms with E-state index in [1.807, 2.05) is 0 Å². The van der Waals surface area contributed by atoms with Crippen molar-refractivity contribution in [3.63, 3.8) is 0 Å². The summed E-state index contributed by atoms with van der Waals surface area (Å²) in [4.78, 5) is 14.7. The molecular weight excluding hydrogens is 346 g/mol. The van der Waals surface area contributed by atoms with Gasteiger partial charge in [-0.05, 0) is 24.9 Å². The van der Waals surface area contributed by atoms with Crippen LogP contribution in [0, 0.1) is 0 Å². The van der Waals surface area contributed by atoms with Crippen LogP contribution >= 0.6 is 23.4 Å². The molecule has 1 aromatic rings. The maximum Gasteiger partial charge on any atom is 0.255 e. The molecule has 0 fully saturated rings. The quantitative estimate of drug-likeness (QED) is 0.460. The standard InChI is InChI=1S/C17H28ClN3O2S/c1-4-21(5-2)8-7-20-17(22)13-11-14(18)15(19)12-16(13)23-9-10-24-6-3/h11-12H,4-10,19H2,1-3H3,(H,20,22). The molecular formula is C17H28ClN3O2S. The summed E-state index contributed by atoms with van der Waals surface area (Å²) >= 11 is 7.85. The van der Waals surface area contributed by atoms with Crippen LogP contribution in [0.15, 0.2) is 12.1 Å². The van der Waals surface area contributed by atoms with Crippen LogP contribution in [0.25, 0.3) is 0 Å². The molecule has 24 heavy (non-hydrogen) atoms. The number of carbonyl (C=O) groups is 1. The van der Waals surface area contributed by atoms with Crippen LogP contribution in [-0.4, -0.2) is 55.1 Å². The highest BCUT2D eigenvalue weighted by atomic mass is 35.5. The minimum Gasteiger partial charge on any atom is -0.492 e. The van der Waals surface area contributed by atoms with Gasteiger partial charge in [0, 0.05) is 24.9 Å². The van der Waals surface area contributed by atoms with Crippen molar-refractivity contribution in [1.82, 2.24) is 10.2 Å². The summed E-state index contributed by atoms with van der Waals surface area (Å²) in [5.74, 6) is 2.18. The number of halogens is 1. The van der Waals surface area contributed by atoms with Gasteiger partial charge >= 0.3 is 0 Å². The van der Waals surface area contributed by atoms with Crippen molar-refractivity contribution < 1.29 is 9.53 Å². The third-order valence-electron chi connectivity index (χ3n) is 3.64. The van der Waals surface area contributed by atoms with Crippen LogP contribution in [0.5, 0.6) is 5.75 Å². The number of carbonyl (C=O) groups excluding carboxylic acids is 1. The number of anilines is 1. The second kappa shape index (κ2) is 11.4. The van der Waals surface area contributed by atoms with E-state index in [0.29, 0.717) is 35.2 Å². The maximum atomic E-state index is 12.5. The molecule has 3 N–H and O–H groups in total. The predicted molar refractivity (Wildman–Crippen MR) is 104 cm³/mol. The first kappa shape index (κ1) is 20.9. The molecule has 0 aromatic heterocycles. The summed E-state index contributed by atoms with van der Waals surface area (Å²) in [5, 5.41) is 3.28. The lowest BCUT2D eigenvalue weighted by Gasteiger charge is -2.18. The highest BCUT2D eigenvalue weighted by Crippen LogP contribution is 2.29. The van der Waals surface area contributed by atoms with Gasteiger partial charge in [0.25, 0.3) is 5.91 Å². The van der Waals surface area contributed by atoms with Crippen LogP contribution in [-0.2, 0) is 0 Å². The van der Waals surface area contributed by atoms with Crippen LogP contribution in [0.2, 0.25) is 5.02 Å². The van der Waals surface area contributed by atoms with Crippen molar-refractivity contribution in [2.75, 3.05) is 50.0 Å². The molecule has 0 aliphatic rings. The van der Waals surface area contributed by atoms with Crippen LogP contribution in [0.4, 0.5) is 5.69 Å². The maximum absolute atomic E-state index is 12.5. The number of amides is 1. The smallest absolute Gasteiger partial charge is 0.255 e. The number of ether oxygens (including phenoxy) is 1. The van der Waals surface area contributed by atoms with E-state index < -0.39 is 0 Å². The number of nitrogens with zero attached hydrogens (tertiary/aromatic N) is 1. The van der Waals surface area contributed by atoms with Crippen molar-refractivity contribution in [3.8, 4) is 5.75 Å². The van der Waals surface area contributed by atoms with E-state index in [2.05, 4.69) is 31.0 Å². The van der Waals surface area contributed by atoms with Gasteiger partial charge in [0.1, 0.15) is 5.75 Å². The van der Waals surface area contributed by atoms with Gasteiger partial charge in [0.15, 0.2) is 0 Å². The third-order valence-corrected chi connectivity index (χ3v) is 4.83. The molecule has 0 aliphatic heterocycles. The van der Waals surface area contributed by atoms with Gasteiger partial charge in [0.05, 0.1) is 22.9 Å². The molecule has 1 aromatic carbocycles. The van der Waals surface area contributed by atoms with Gasteiger partial charge in [0.2, 0.25) is 0 Å². The van der Waals surface area contributed by atoms with Gasteiger partial charge < -0.3 is 20.7 Å². The summed E-state index contributed by atoms with van der Waals surface area (Å²) in [6.07, 6.45) is 0. The summed E-state index contributed by atoms with van der Waals surface area (Å²) in [6.45, 7) is 10.1. The van der Waals surface area contributed by atoms with Crippen molar-refractivity contribution in [2.45, 2.75) is 20.8 Å². The van der Waals surface area contributed by atoms with E-state index in [9.17, 15) is 4.79 Å². The molecule has 0 atom stereocenters. The van der Waals surface area contributed by atoms with Crippen molar-refractivity contribution in [1.29, 1.82) is 0 Å². The number of hydrogen-bond acceptors (Lipinski definition) is 5. The van der Waals surface area contributed by atoms with E-state index in [0.717, 1.165) is 31.1 Å². The Bertz CT molecular complexity index is 525. The second-order valence-corrected chi connectivity index (χ2v) is 7.00. The summed E-state index contributed by atoms with van der Waals surface area (Å²) in [6, 6.07) is 3.20. The summed E-state index contributed by atoms with van der Waals surface area (Å²) in [5.41, 5.74) is 6.68. The normalized spacial score (nSPS) is 10.9. The van der Waals surface area contributed by atoms with E-state index in [1.165, 1.54) is 0 Å². The van der Waals surface area contributed by atoms with Gasteiger partial charge in [-0.1, -0.05) is 32.4 Å². The first-order valence-electron chi connectivity index (χ1n) is 8.33. The fraction of sp³-hybridized carbons (Fsp3) is 0.588. The fourth-order valence-corrected chi connectivity index (χ4v) is 2.84. The molecule has 5 nitrogen and oxygen atoms in total. The Morgan fingerprint density at radius 3 is 2.67 bits per heavy atom. The number of rotatable bonds is 11. The molecule has 0 saturated heterocycles. The Balaban J connectivity index is 2.72. The number of nitrogen functional groups attached to an aromatic ring is 1. The summed E-state index contributed by atoms with van der Waals surface area (Å²) in [7, 11) is 0. The zero-order valence-electron chi connectivity index (χ0n) is 14.7. The Labute approximate surface area is 154 Å². The Morgan fingerprint density at radius 2 is 2.04 bits per heavy atom. The molecule has 1 amide bonds. The van der Waals surface area contributed by atoms with Crippen LogP contribution in [0.3, 0.4) is 0 Å². The molecule has 0 unspecified atom stereocenters. The van der Waals surface area contributed by atoms with E-state index in [4.69, 9.17) is 22.1 Å². The molecule has 7 heteroatoms. The molecule has 0 spiro atoms. The average molecular weight is 374 g/mol. The van der Waals surface area contributed by atoms with Gasteiger partial charge in [-0.2, -0.15) is 11.8 Å². The predicted octanol–water partition coefficient (Wildman–Crippen LogP) is 3.13. The zero-order chi connectivity index (χ0) is 17.9. The van der Waals surface area contributed by atoms with Crippen molar-refractivity contribution >= 4 is 35.0 Å². The van der Waals surface area contributed by atoms with Gasteiger partial charge in [-0.25, -0.2) is 0 Å². The number of hydrogen-bond donors (Lipinski definition) is 2. The average Bonchev–Trinajstić information content (AvgIpc) is 2.58. The molecule has 0 heterocycles. The first-order chi connectivity index (χ1) is 11.5. The molecule has 1 rings (SSSR count). The van der Waals surface area contributed by atoms with Crippen LogP contribution in [0.1, 0.15) is 31.1 Å². The molecule has 0 saturated carbocycles. The van der Waals surface area contributed by atoms with E-state index in [1.54, 1.807) is 23.9 Å². The monoisotopic (exact) mass is 373 g/mol. The molecule has 0 aliphatic carbocycles. The zero-order valence-corrected chi connectivity index (χ0v) is 16.3.